The molecule has 0 saturated heterocycles. The van der Waals surface area contributed by atoms with Gasteiger partial charge in [-0.3, -0.25) is 0 Å². The van der Waals surface area contributed by atoms with E-state index in [9.17, 15) is 0 Å². The van der Waals surface area contributed by atoms with Gasteiger partial charge in [-0.05, 0) is 214 Å². The van der Waals surface area contributed by atoms with Crippen LogP contribution in [0.3, 0.4) is 0 Å². The number of aryl methyl sites for hydroxylation is 6. The van der Waals surface area contributed by atoms with E-state index in [2.05, 4.69) is 285 Å². The number of anilines is 6. The van der Waals surface area contributed by atoms with E-state index in [-0.39, 0.29) is 10.8 Å². The van der Waals surface area contributed by atoms with E-state index in [4.69, 9.17) is 0 Å². The van der Waals surface area contributed by atoms with E-state index in [0.29, 0.717) is 0 Å². The van der Waals surface area contributed by atoms with Crippen molar-refractivity contribution in [1.82, 2.24) is 0 Å². The third-order valence-corrected chi connectivity index (χ3v) is 15.2. The number of nitrogens with zero attached hydrogens (tertiary/aromatic N) is 2. The summed E-state index contributed by atoms with van der Waals surface area (Å²) in [5, 5.41) is 0. The summed E-state index contributed by atoms with van der Waals surface area (Å²) < 4.78 is 0. The molecule has 0 N–H and O–H groups in total. The smallest absolute Gasteiger partial charge is 0.0466 e. The second kappa shape index (κ2) is 18.0. The van der Waals surface area contributed by atoms with Crippen molar-refractivity contribution in [3.8, 4) is 22.3 Å². The number of benzene rings is 9. The molecule has 0 saturated carbocycles. The Labute approximate surface area is 428 Å². The summed E-state index contributed by atoms with van der Waals surface area (Å²) in [5.41, 5.74) is 29.8. The molecule has 354 valence electrons. The average Bonchev–Trinajstić information content (AvgIpc) is 3.70. The summed E-state index contributed by atoms with van der Waals surface area (Å²) in [5.74, 6) is 0. The van der Waals surface area contributed by atoms with Gasteiger partial charge in [0.1, 0.15) is 0 Å². The Morgan fingerprint density at radius 2 is 0.556 bits per heavy atom. The molecule has 0 amide bonds. The number of rotatable bonds is 10. The highest BCUT2D eigenvalue weighted by molar-refractivity contribution is 5.89. The third-order valence-electron chi connectivity index (χ3n) is 15.2. The predicted molar refractivity (Wildman–Crippen MR) is 310 cm³/mol. The molecule has 2 aliphatic carbocycles. The van der Waals surface area contributed by atoms with E-state index in [1.54, 1.807) is 0 Å². The van der Waals surface area contributed by atoms with Crippen molar-refractivity contribution in [2.45, 2.75) is 80.1 Å². The number of hydrogen-bond donors (Lipinski definition) is 0. The maximum absolute atomic E-state index is 2.43. The average molecular weight is 933 g/mol. The zero-order valence-electron chi connectivity index (χ0n) is 43.5. The van der Waals surface area contributed by atoms with Crippen LogP contribution in [-0.2, 0) is 10.8 Å². The summed E-state index contributed by atoms with van der Waals surface area (Å²) in [6.07, 6.45) is 8.98. The fourth-order valence-electron chi connectivity index (χ4n) is 11.7. The molecule has 0 radical (unpaired) electrons. The molecular weight excluding hydrogens is 869 g/mol. The molecule has 0 atom stereocenters. The van der Waals surface area contributed by atoms with Crippen LogP contribution in [0.4, 0.5) is 34.1 Å². The molecule has 2 heteroatoms. The van der Waals surface area contributed by atoms with E-state index in [1.165, 1.54) is 134 Å². The van der Waals surface area contributed by atoms with E-state index in [1.807, 2.05) is 0 Å². The Kier molecular flexibility index (Phi) is 11.6. The van der Waals surface area contributed by atoms with Crippen LogP contribution < -0.4 is 9.80 Å². The van der Waals surface area contributed by atoms with Crippen LogP contribution in [0.2, 0.25) is 0 Å². The molecule has 0 fully saturated rings. The zero-order valence-corrected chi connectivity index (χ0v) is 43.5. The van der Waals surface area contributed by atoms with Gasteiger partial charge in [-0.1, -0.05) is 161 Å². The minimum atomic E-state index is -0.160. The number of fused-ring (bicyclic) bond motifs is 6. The van der Waals surface area contributed by atoms with Crippen molar-refractivity contribution >= 4 is 58.4 Å². The molecule has 72 heavy (non-hydrogen) atoms. The first-order valence-electron chi connectivity index (χ1n) is 25.5. The Morgan fingerprint density at radius 3 is 0.917 bits per heavy atom. The highest BCUT2D eigenvalue weighted by Gasteiger charge is 2.37. The van der Waals surface area contributed by atoms with Crippen LogP contribution >= 0.6 is 0 Å². The van der Waals surface area contributed by atoms with Gasteiger partial charge in [-0.2, -0.15) is 0 Å². The van der Waals surface area contributed by atoms with Crippen molar-refractivity contribution in [2.24, 2.45) is 0 Å². The SMILES string of the molecule is Cc1cccc(N(c2cc(C)cc(C)c2)c2ccc3c(c2)C(C)(C)c2cc(C=Cc4ccc(C=Cc5ccc6c(c5)C(C)(C)c5cc(N(c7cccc(C)c7)c7cc(C)cc(C)c7)ccc5-6)cc4)ccc2-3)c1. The summed E-state index contributed by atoms with van der Waals surface area (Å²) in [6, 6.07) is 68.3. The van der Waals surface area contributed by atoms with Crippen LogP contribution in [0.1, 0.15) is 106 Å². The van der Waals surface area contributed by atoms with Crippen LogP contribution in [0.5, 0.6) is 0 Å². The number of hydrogen-bond acceptors (Lipinski definition) is 2. The van der Waals surface area contributed by atoms with Crippen LogP contribution in [0.15, 0.2) is 182 Å². The van der Waals surface area contributed by atoms with Crippen molar-refractivity contribution in [3.63, 3.8) is 0 Å². The van der Waals surface area contributed by atoms with Gasteiger partial charge < -0.3 is 9.80 Å². The molecular formula is C70H64N2. The summed E-state index contributed by atoms with van der Waals surface area (Å²) in [6.45, 7) is 22.6. The first-order chi connectivity index (χ1) is 34.6. The largest absolute Gasteiger partial charge is 0.310 e. The van der Waals surface area contributed by atoms with Gasteiger partial charge in [0.25, 0.3) is 0 Å². The fraction of sp³-hybridized carbons (Fsp3) is 0.171. The van der Waals surface area contributed by atoms with Gasteiger partial charge in [-0.15, -0.1) is 0 Å². The molecule has 0 unspecified atom stereocenters. The topological polar surface area (TPSA) is 6.48 Å². The standard InChI is InChI=1S/C70H64N2/c1-45-13-11-15-55(35-45)71(59-37-47(3)33-48(4)38-59)57-27-31-63-61-29-25-53(41-65(61)69(7,8)67(63)43-57)23-21-51-17-19-52(20-18-51)22-24-54-26-30-62-64-32-28-58(44-68(64)70(9,10)66(62)42-54)72(56-16-12-14-46(2)36-56)60-39-49(5)34-50(6)40-60/h11-44H,1-10H3. The van der Waals surface area contributed by atoms with Crippen LogP contribution in [0, 0.1) is 41.5 Å². The first-order valence-corrected chi connectivity index (χ1v) is 25.5. The highest BCUT2D eigenvalue weighted by atomic mass is 15.1. The van der Waals surface area contributed by atoms with E-state index < -0.39 is 0 Å². The van der Waals surface area contributed by atoms with Gasteiger partial charge >= 0.3 is 0 Å². The molecule has 0 spiro atoms. The maximum atomic E-state index is 2.43. The van der Waals surface area contributed by atoms with Gasteiger partial charge in [0.2, 0.25) is 0 Å². The minimum absolute atomic E-state index is 0.160. The summed E-state index contributed by atoms with van der Waals surface area (Å²) in [7, 11) is 0. The van der Waals surface area contributed by atoms with E-state index in [0.717, 1.165) is 0 Å². The molecule has 11 rings (SSSR count). The Balaban J connectivity index is 0.805. The first kappa shape index (κ1) is 46.4. The lowest BCUT2D eigenvalue weighted by atomic mass is 9.81. The van der Waals surface area contributed by atoms with Crippen molar-refractivity contribution in [1.29, 1.82) is 0 Å². The molecule has 2 aliphatic rings. The highest BCUT2D eigenvalue weighted by Crippen LogP contribution is 2.53. The fourth-order valence-corrected chi connectivity index (χ4v) is 11.7. The molecule has 0 aliphatic heterocycles. The third kappa shape index (κ3) is 8.60. The lowest BCUT2D eigenvalue weighted by molar-refractivity contribution is 0.660. The second-order valence-electron chi connectivity index (χ2n) is 21.7. The maximum Gasteiger partial charge on any atom is 0.0466 e. The molecule has 9 aromatic rings. The van der Waals surface area contributed by atoms with Gasteiger partial charge in [0.15, 0.2) is 0 Å². The molecule has 2 nitrogen and oxygen atoms in total. The van der Waals surface area contributed by atoms with Gasteiger partial charge in [0, 0.05) is 45.0 Å². The van der Waals surface area contributed by atoms with Crippen molar-refractivity contribution < 1.29 is 0 Å². The van der Waals surface area contributed by atoms with Crippen LogP contribution in [0.25, 0.3) is 46.6 Å². The molecule has 0 bridgehead atoms. The lowest BCUT2D eigenvalue weighted by Gasteiger charge is -2.29. The second-order valence-corrected chi connectivity index (χ2v) is 21.7. The Bertz CT molecular complexity index is 3370. The lowest BCUT2D eigenvalue weighted by Crippen LogP contribution is -2.17. The van der Waals surface area contributed by atoms with Crippen molar-refractivity contribution in [3.05, 3.63) is 260 Å². The summed E-state index contributed by atoms with van der Waals surface area (Å²) >= 11 is 0. The molecule has 0 aromatic heterocycles. The predicted octanol–water partition coefficient (Wildman–Crippen LogP) is 19.4. The Morgan fingerprint density at radius 1 is 0.264 bits per heavy atom. The van der Waals surface area contributed by atoms with Crippen LogP contribution in [-0.4, -0.2) is 0 Å². The zero-order chi connectivity index (χ0) is 50.1. The monoisotopic (exact) mass is 933 g/mol. The minimum Gasteiger partial charge on any atom is -0.310 e. The van der Waals surface area contributed by atoms with Crippen molar-refractivity contribution in [2.75, 3.05) is 9.80 Å². The van der Waals surface area contributed by atoms with Gasteiger partial charge in [0.05, 0.1) is 0 Å². The Hall–Kier alpha value is -7.94. The normalized spacial score (nSPS) is 13.8. The molecule has 0 heterocycles. The molecule has 9 aromatic carbocycles. The quantitative estimate of drug-likeness (QED) is 0.126. The summed E-state index contributed by atoms with van der Waals surface area (Å²) in [4.78, 5) is 4.83. The van der Waals surface area contributed by atoms with E-state index >= 15 is 0 Å². The van der Waals surface area contributed by atoms with Gasteiger partial charge in [-0.25, -0.2) is 0 Å².